The minimum Gasteiger partial charge on any atom is -0.489 e. The number of para-hydroxylation sites is 1. The zero-order valence-corrected chi connectivity index (χ0v) is 16.5. The summed E-state index contributed by atoms with van der Waals surface area (Å²) in [6.07, 6.45) is 5.02. The third kappa shape index (κ3) is 5.43. The molecule has 154 valence electrons. The number of esters is 1. The molecule has 0 heterocycles. The molecule has 0 amide bonds. The number of fused-ring (bicyclic) bond motifs is 1. The molecule has 0 bridgehead atoms. The Labute approximate surface area is 170 Å². The van der Waals surface area contributed by atoms with Crippen LogP contribution in [0, 0.1) is 5.82 Å². The van der Waals surface area contributed by atoms with Crippen LogP contribution in [0.15, 0.2) is 48.5 Å². The molecule has 0 radical (unpaired) electrons. The Balaban J connectivity index is 1.66. The van der Waals surface area contributed by atoms with Crippen molar-refractivity contribution in [1.29, 1.82) is 0 Å². The first kappa shape index (κ1) is 21.0. The van der Waals surface area contributed by atoms with Crippen molar-refractivity contribution in [1.82, 2.24) is 4.90 Å². The first-order valence-corrected chi connectivity index (χ1v) is 9.73. The third-order valence-corrected chi connectivity index (χ3v) is 5.13. The Hall–Kier alpha value is -2.70. The topological polar surface area (TPSA) is 59.0 Å². The average Bonchev–Trinajstić information content (AvgIpc) is 3.15. The first-order valence-electron chi connectivity index (χ1n) is 9.73. The Morgan fingerprint density at radius 1 is 1.28 bits per heavy atom. The zero-order valence-electron chi connectivity index (χ0n) is 16.5. The summed E-state index contributed by atoms with van der Waals surface area (Å²) in [6.45, 7) is 1.50. The monoisotopic (exact) mass is 399 g/mol. The number of halogens is 1. The largest absolute Gasteiger partial charge is 0.489 e. The number of carbonyl (C=O) groups excluding carboxylic acids is 1. The molecule has 3 rings (SSSR count). The van der Waals surface area contributed by atoms with Crippen LogP contribution >= 0.6 is 0 Å². The van der Waals surface area contributed by atoms with Crippen molar-refractivity contribution >= 4 is 12.0 Å². The van der Waals surface area contributed by atoms with Crippen molar-refractivity contribution in [3.63, 3.8) is 0 Å². The van der Waals surface area contributed by atoms with Gasteiger partial charge in [0, 0.05) is 25.2 Å². The fourth-order valence-electron chi connectivity index (χ4n) is 3.72. The maximum atomic E-state index is 13.7. The van der Waals surface area contributed by atoms with E-state index in [4.69, 9.17) is 4.74 Å². The van der Waals surface area contributed by atoms with Gasteiger partial charge in [0.1, 0.15) is 6.61 Å². The number of benzene rings is 2. The van der Waals surface area contributed by atoms with Gasteiger partial charge in [-0.05, 0) is 47.7 Å². The number of hydrogen-bond acceptors (Lipinski definition) is 5. The summed E-state index contributed by atoms with van der Waals surface area (Å²) in [5.74, 6) is -0.516. The van der Waals surface area contributed by atoms with Gasteiger partial charge in [0.05, 0.1) is 13.7 Å². The number of methoxy groups -OCH3 is 1. The Morgan fingerprint density at radius 2 is 2.10 bits per heavy atom. The number of ether oxygens (including phenoxy) is 2. The van der Waals surface area contributed by atoms with Gasteiger partial charge in [0.25, 0.3) is 0 Å². The molecule has 1 aliphatic carbocycles. The van der Waals surface area contributed by atoms with Crippen LogP contribution in [0.25, 0.3) is 6.08 Å². The van der Waals surface area contributed by atoms with Crippen LogP contribution in [0.3, 0.4) is 0 Å². The standard InChI is InChI=1S/C23H26FNO4/c1-28-23(27)11-7-17-6-9-19-18(16-17)8-10-21(19)25(12-14-26)13-15-29-22-5-3-2-4-20(22)24/h2-7,9,11,16,21,26H,8,10,12-15H2,1H3/b11-7+. The van der Waals surface area contributed by atoms with E-state index in [9.17, 15) is 14.3 Å². The molecule has 0 saturated heterocycles. The van der Waals surface area contributed by atoms with Crippen LogP contribution < -0.4 is 4.74 Å². The van der Waals surface area contributed by atoms with Crippen LogP contribution in [0.5, 0.6) is 5.75 Å². The fourth-order valence-corrected chi connectivity index (χ4v) is 3.72. The minimum absolute atomic E-state index is 0.0471. The lowest BCUT2D eigenvalue weighted by atomic mass is 10.0. The van der Waals surface area contributed by atoms with E-state index < -0.39 is 0 Å². The highest BCUT2D eigenvalue weighted by atomic mass is 19.1. The lowest BCUT2D eigenvalue weighted by Gasteiger charge is -2.29. The van der Waals surface area contributed by atoms with E-state index in [1.165, 1.54) is 30.4 Å². The maximum absolute atomic E-state index is 13.7. The second kappa shape index (κ2) is 10.2. The number of hydrogen-bond donors (Lipinski definition) is 1. The van der Waals surface area contributed by atoms with Gasteiger partial charge in [-0.2, -0.15) is 0 Å². The summed E-state index contributed by atoms with van der Waals surface area (Å²) < 4.78 is 23.9. The summed E-state index contributed by atoms with van der Waals surface area (Å²) in [5, 5.41) is 9.50. The Bertz CT molecular complexity index is 868. The molecule has 5 nitrogen and oxygen atoms in total. The number of aliphatic hydroxyl groups excluding tert-OH is 1. The summed E-state index contributed by atoms with van der Waals surface area (Å²) in [6, 6.07) is 12.7. The predicted molar refractivity (Wildman–Crippen MR) is 109 cm³/mol. The van der Waals surface area contributed by atoms with Gasteiger partial charge in [0.2, 0.25) is 0 Å². The fraction of sp³-hybridized carbons (Fsp3) is 0.348. The second-order valence-corrected chi connectivity index (χ2v) is 6.91. The van der Waals surface area contributed by atoms with Crippen LogP contribution in [0.1, 0.15) is 29.2 Å². The van der Waals surface area contributed by atoms with Crippen molar-refractivity contribution in [3.8, 4) is 5.75 Å². The van der Waals surface area contributed by atoms with E-state index in [2.05, 4.69) is 21.8 Å². The minimum atomic E-state index is -0.382. The highest BCUT2D eigenvalue weighted by Gasteiger charge is 2.27. The second-order valence-electron chi connectivity index (χ2n) is 6.91. The molecule has 1 unspecified atom stereocenters. The normalized spacial score (nSPS) is 15.7. The quantitative estimate of drug-likeness (QED) is 0.518. The van der Waals surface area contributed by atoms with E-state index in [-0.39, 0.29) is 30.2 Å². The highest BCUT2D eigenvalue weighted by molar-refractivity contribution is 5.86. The SMILES string of the molecule is COC(=O)/C=C/c1ccc2c(c1)CCC2N(CCO)CCOc1ccccc1F. The summed E-state index contributed by atoms with van der Waals surface area (Å²) in [4.78, 5) is 13.5. The van der Waals surface area contributed by atoms with Crippen LogP contribution in [0.2, 0.25) is 0 Å². The van der Waals surface area contributed by atoms with E-state index in [1.54, 1.807) is 24.3 Å². The molecule has 2 aromatic rings. The molecular weight excluding hydrogens is 373 g/mol. The van der Waals surface area contributed by atoms with Crippen molar-refractivity contribution in [2.45, 2.75) is 18.9 Å². The smallest absolute Gasteiger partial charge is 0.330 e. The molecule has 29 heavy (non-hydrogen) atoms. The lowest BCUT2D eigenvalue weighted by Crippen LogP contribution is -2.34. The van der Waals surface area contributed by atoms with Crippen molar-refractivity contribution in [3.05, 3.63) is 71.0 Å². The Kier molecular flexibility index (Phi) is 7.38. The van der Waals surface area contributed by atoms with E-state index in [1.807, 2.05) is 6.07 Å². The summed E-state index contributed by atoms with van der Waals surface area (Å²) >= 11 is 0. The number of carbonyl (C=O) groups is 1. The molecule has 1 N–H and O–H groups in total. The molecule has 0 spiro atoms. The predicted octanol–water partition coefficient (Wildman–Crippen LogP) is 3.37. The van der Waals surface area contributed by atoms with E-state index in [0.717, 1.165) is 18.4 Å². The van der Waals surface area contributed by atoms with Crippen molar-refractivity contribution < 1.29 is 23.8 Å². The number of rotatable bonds is 9. The van der Waals surface area contributed by atoms with Crippen molar-refractivity contribution in [2.24, 2.45) is 0 Å². The van der Waals surface area contributed by atoms with Crippen LogP contribution in [-0.2, 0) is 16.0 Å². The van der Waals surface area contributed by atoms with Crippen LogP contribution in [0.4, 0.5) is 4.39 Å². The first-order chi connectivity index (χ1) is 14.1. The van der Waals surface area contributed by atoms with Gasteiger partial charge in [-0.3, -0.25) is 4.90 Å². The van der Waals surface area contributed by atoms with Gasteiger partial charge in [-0.1, -0.05) is 30.3 Å². The summed E-state index contributed by atoms with van der Waals surface area (Å²) in [5.41, 5.74) is 3.41. The van der Waals surface area contributed by atoms with E-state index >= 15 is 0 Å². The van der Waals surface area contributed by atoms with E-state index in [0.29, 0.717) is 19.7 Å². The molecule has 0 fully saturated rings. The lowest BCUT2D eigenvalue weighted by molar-refractivity contribution is -0.134. The molecule has 1 atom stereocenters. The molecule has 0 aliphatic heterocycles. The number of aryl methyl sites for hydroxylation is 1. The Morgan fingerprint density at radius 3 is 2.86 bits per heavy atom. The van der Waals surface area contributed by atoms with Gasteiger partial charge in [-0.15, -0.1) is 0 Å². The zero-order chi connectivity index (χ0) is 20.6. The van der Waals surface area contributed by atoms with Crippen LogP contribution in [-0.4, -0.2) is 49.4 Å². The summed E-state index contributed by atoms with van der Waals surface area (Å²) in [7, 11) is 1.35. The van der Waals surface area contributed by atoms with Gasteiger partial charge >= 0.3 is 5.97 Å². The molecular formula is C23H26FNO4. The molecule has 0 saturated carbocycles. The molecule has 2 aromatic carbocycles. The third-order valence-electron chi connectivity index (χ3n) is 5.13. The van der Waals surface area contributed by atoms with Crippen molar-refractivity contribution in [2.75, 3.05) is 33.4 Å². The maximum Gasteiger partial charge on any atom is 0.330 e. The highest BCUT2D eigenvalue weighted by Crippen LogP contribution is 2.36. The number of nitrogens with zero attached hydrogens (tertiary/aromatic N) is 1. The molecule has 0 aromatic heterocycles. The van der Waals surface area contributed by atoms with Gasteiger partial charge in [-0.25, -0.2) is 9.18 Å². The van der Waals surface area contributed by atoms with Gasteiger partial charge in [0.15, 0.2) is 11.6 Å². The molecule has 6 heteroatoms. The number of aliphatic hydroxyl groups is 1. The average molecular weight is 399 g/mol. The van der Waals surface area contributed by atoms with Gasteiger partial charge < -0.3 is 14.6 Å². The molecule has 1 aliphatic rings.